The zero-order chi connectivity index (χ0) is 23.8. The fourth-order valence-corrected chi connectivity index (χ4v) is 4.45. The van der Waals surface area contributed by atoms with Crippen LogP contribution in [0.15, 0.2) is 42.9 Å². The van der Waals surface area contributed by atoms with Crippen molar-refractivity contribution in [1.29, 1.82) is 0 Å². The highest BCUT2D eigenvalue weighted by Crippen LogP contribution is 2.26. The number of sulfonamides is 1. The Bertz CT molecular complexity index is 1460. The number of H-pyrrole nitrogens is 1. The second-order valence-corrected chi connectivity index (χ2v) is 9.25. The Morgan fingerprint density at radius 1 is 1.21 bits per heavy atom. The number of nitrogens with one attached hydrogen (secondary N) is 3. The number of fused-ring (bicyclic) bond motifs is 1. The minimum absolute atomic E-state index is 0.208. The Morgan fingerprint density at radius 2 is 2.00 bits per heavy atom. The third-order valence-electron chi connectivity index (χ3n) is 4.80. The number of rotatable bonds is 7. The van der Waals surface area contributed by atoms with Crippen LogP contribution < -0.4 is 10.0 Å². The van der Waals surface area contributed by atoms with Gasteiger partial charge in [0.1, 0.15) is 17.0 Å². The highest BCUT2D eigenvalue weighted by Gasteiger charge is 2.23. The summed E-state index contributed by atoms with van der Waals surface area (Å²) in [7, 11) is -2.04. The van der Waals surface area contributed by atoms with Crippen molar-refractivity contribution in [3.8, 4) is 11.3 Å². The molecule has 33 heavy (non-hydrogen) atoms. The molecule has 0 aliphatic carbocycles. The molecule has 0 atom stereocenters. The molecular formula is C21H20F2N6O3S. The maximum Gasteiger partial charge on any atom is 0.261 e. The van der Waals surface area contributed by atoms with E-state index >= 15 is 0 Å². The Hall–Kier alpha value is -3.80. The molecule has 0 fully saturated rings. The van der Waals surface area contributed by atoms with Gasteiger partial charge in [-0.2, -0.15) is 5.10 Å². The molecule has 3 aromatic heterocycles. The minimum Gasteiger partial charge on any atom is -0.339 e. The molecule has 1 aromatic carbocycles. The molecule has 9 nitrogen and oxygen atoms in total. The van der Waals surface area contributed by atoms with Gasteiger partial charge in [0.05, 0.1) is 35.2 Å². The molecule has 0 unspecified atom stereocenters. The SMILES string of the molecule is CCCS(=O)(=O)Nc1ccc(F)c(C(=O)Nc2cnc3[nH]c(-c4cnn(C)c4)cc3c2)c1F. The Morgan fingerprint density at radius 3 is 2.70 bits per heavy atom. The normalized spacial score (nSPS) is 11.6. The van der Waals surface area contributed by atoms with Crippen LogP contribution >= 0.6 is 0 Å². The molecule has 172 valence electrons. The summed E-state index contributed by atoms with van der Waals surface area (Å²) < 4.78 is 56.8. The molecule has 1 amide bonds. The molecule has 0 spiro atoms. The van der Waals surface area contributed by atoms with E-state index in [1.54, 1.807) is 37.0 Å². The fourth-order valence-electron chi connectivity index (χ4n) is 3.32. The van der Waals surface area contributed by atoms with E-state index in [2.05, 4.69) is 20.4 Å². The van der Waals surface area contributed by atoms with E-state index in [1.165, 1.54) is 6.20 Å². The van der Waals surface area contributed by atoms with E-state index in [1.807, 2.05) is 10.9 Å². The highest BCUT2D eigenvalue weighted by atomic mass is 32.2. The Labute approximate surface area is 187 Å². The van der Waals surface area contributed by atoms with Gasteiger partial charge in [0.15, 0.2) is 5.82 Å². The molecule has 0 saturated heterocycles. The van der Waals surface area contributed by atoms with Crippen molar-refractivity contribution in [3.63, 3.8) is 0 Å². The molecule has 3 N–H and O–H groups in total. The highest BCUT2D eigenvalue weighted by molar-refractivity contribution is 7.92. The van der Waals surface area contributed by atoms with E-state index in [9.17, 15) is 22.0 Å². The Balaban J connectivity index is 1.60. The summed E-state index contributed by atoms with van der Waals surface area (Å²) >= 11 is 0. The number of carbonyl (C=O) groups is 1. The van der Waals surface area contributed by atoms with Crippen molar-refractivity contribution in [1.82, 2.24) is 19.7 Å². The van der Waals surface area contributed by atoms with Gasteiger partial charge in [-0.3, -0.25) is 14.2 Å². The van der Waals surface area contributed by atoms with Gasteiger partial charge in [0.2, 0.25) is 10.0 Å². The van der Waals surface area contributed by atoms with Gasteiger partial charge >= 0.3 is 0 Å². The van der Waals surface area contributed by atoms with Crippen LogP contribution in [0.25, 0.3) is 22.3 Å². The number of aromatic nitrogens is 4. The molecule has 3 heterocycles. The molecule has 0 saturated carbocycles. The second-order valence-electron chi connectivity index (χ2n) is 7.41. The Kier molecular flexibility index (Phi) is 5.85. The van der Waals surface area contributed by atoms with Gasteiger partial charge in [-0.25, -0.2) is 22.2 Å². The zero-order valence-corrected chi connectivity index (χ0v) is 18.5. The summed E-state index contributed by atoms with van der Waals surface area (Å²) in [5, 5.41) is 7.19. The quantitative estimate of drug-likeness (QED) is 0.378. The van der Waals surface area contributed by atoms with Gasteiger partial charge < -0.3 is 10.3 Å². The largest absolute Gasteiger partial charge is 0.339 e. The predicted molar refractivity (Wildman–Crippen MR) is 120 cm³/mol. The van der Waals surface area contributed by atoms with Crippen molar-refractivity contribution >= 4 is 38.3 Å². The summed E-state index contributed by atoms with van der Waals surface area (Å²) in [6.07, 6.45) is 5.15. The first kappa shape index (κ1) is 22.4. The average Bonchev–Trinajstić information content (AvgIpc) is 3.36. The van der Waals surface area contributed by atoms with Crippen LogP contribution in [0, 0.1) is 11.6 Å². The van der Waals surface area contributed by atoms with Crippen LogP contribution in [0.4, 0.5) is 20.2 Å². The van der Waals surface area contributed by atoms with Crippen molar-refractivity contribution in [2.75, 3.05) is 15.8 Å². The third kappa shape index (κ3) is 4.70. The second kappa shape index (κ2) is 8.62. The molecule has 0 aliphatic heterocycles. The lowest BCUT2D eigenvalue weighted by atomic mass is 10.1. The van der Waals surface area contributed by atoms with Gasteiger partial charge in [-0.05, 0) is 30.7 Å². The van der Waals surface area contributed by atoms with Gasteiger partial charge in [0, 0.05) is 24.2 Å². The lowest BCUT2D eigenvalue weighted by molar-refractivity contribution is 0.101. The van der Waals surface area contributed by atoms with Crippen LogP contribution in [-0.4, -0.2) is 39.8 Å². The molecule has 4 rings (SSSR count). The first-order chi connectivity index (χ1) is 15.7. The topological polar surface area (TPSA) is 122 Å². The number of halogens is 2. The number of aryl methyl sites for hydroxylation is 1. The van der Waals surface area contributed by atoms with Gasteiger partial charge in [0.25, 0.3) is 5.91 Å². The molecule has 0 aliphatic rings. The standard InChI is InChI=1S/C21H20F2N6O3S/c1-3-6-33(31,32)28-16-5-4-15(22)18(19(16)23)21(30)26-14-7-12-8-17(27-20(12)24-10-14)13-9-25-29(2)11-13/h4-5,7-11,28H,3,6H2,1-2H3,(H,24,27)(H,26,30). The van der Waals surface area contributed by atoms with Gasteiger partial charge in [-0.15, -0.1) is 0 Å². The third-order valence-corrected chi connectivity index (χ3v) is 6.28. The van der Waals surface area contributed by atoms with E-state index in [4.69, 9.17) is 0 Å². The van der Waals surface area contributed by atoms with E-state index in [0.29, 0.717) is 17.5 Å². The van der Waals surface area contributed by atoms with Crippen molar-refractivity contribution in [3.05, 3.63) is 60.1 Å². The first-order valence-corrected chi connectivity index (χ1v) is 11.6. The molecular weight excluding hydrogens is 454 g/mol. The van der Waals surface area contributed by atoms with Crippen LogP contribution in [0.2, 0.25) is 0 Å². The van der Waals surface area contributed by atoms with Gasteiger partial charge in [-0.1, -0.05) is 6.92 Å². The number of hydrogen-bond acceptors (Lipinski definition) is 5. The maximum absolute atomic E-state index is 14.8. The monoisotopic (exact) mass is 474 g/mol. The maximum atomic E-state index is 14.8. The average molecular weight is 474 g/mol. The van der Waals surface area contributed by atoms with E-state index < -0.39 is 38.8 Å². The molecule has 12 heteroatoms. The number of anilines is 2. The fraction of sp³-hybridized carbons (Fsp3) is 0.190. The lowest BCUT2D eigenvalue weighted by Gasteiger charge is -2.12. The number of pyridine rings is 1. The van der Waals surface area contributed by atoms with Crippen molar-refractivity contribution in [2.24, 2.45) is 7.05 Å². The lowest BCUT2D eigenvalue weighted by Crippen LogP contribution is -2.20. The summed E-state index contributed by atoms with van der Waals surface area (Å²) in [4.78, 5) is 20.0. The van der Waals surface area contributed by atoms with Crippen molar-refractivity contribution < 1.29 is 22.0 Å². The number of aromatic amines is 1. The molecule has 4 aromatic rings. The number of benzene rings is 1. The minimum atomic E-state index is -3.83. The van der Waals surface area contributed by atoms with Crippen LogP contribution in [0.1, 0.15) is 23.7 Å². The van der Waals surface area contributed by atoms with Crippen LogP contribution in [-0.2, 0) is 17.1 Å². The molecule has 0 bridgehead atoms. The smallest absolute Gasteiger partial charge is 0.261 e. The van der Waals surface area contributed by atoms with Crippen LogP contribution in [0.5, 0.6) is 0 Å². The first-order valence-electron chi connectivity index (χ1n) is 9.94. The van der Waals surface area contributed by atoms with Crippen LogP contribution in [0.3, 0.4) is 0 Å². The predicted octanol–water partition coefficient (Wildman–Crippen LogP) is 3.65. The van der Waals surface area contributed by atoms with Crippen molar-refractivity contribution in [2.45, 2.75) is 13.3 Å². The summed E-state index contributed by atoms with van der Waals surface area (Å²) in [6.45, 7) is 1.65. The summed E-state index contributed by atoms with van der Waals surface area (Å²) in [6, 6.07) is 5.16. The van der Waals surface area contributed by atoms with E-state index in [-0.39, 0.29) is 11.4 Å². The molecule has 0 radical (unpaired) electrons. The summed E-state index contributed by atoms with van der Waals surface area (Å²) in [5.74, 6) is -3.75. The number of nitrogens with zero attached hydrogens (tertiary/aromatic N) is 3. The van der Waals surface area contributed by atoms with E-state index in [0.717, 1.165) is 23.4 Å². The number of hydrogen-bond donors (Lipinski definition) is 3. The number of carbonyl (C=O) groups excluding carboxylic acids is 1. The number of amides is 1. The summed E-state index contributed by atoms with van der Waals surface area (Å²) in [5.41, 5.74) is 0.953. The zero-order valence-electron chi connectivity index (χ0n) is 17.7.